The monoisotopic (exact) mass is 242 g/mol. The van der Waals surface area contributed by atoms with Crippen LogP contribution in [0, 0.1) is 0 Å². The summed E-state index contributed by atoms with van der Waals surface area (Å²) in [7, 11) is -3.24. The van der Waals surface area contributed by atoms with Gasteiger partial charge in [0.2, 0.25) is 0 Å². The van der Waals surface area contributed by atoms with Crippen molar-refractivity contribution in [2.24, 2.45) is 0 Å². The average Bonchev–Trinajstić information content (AvgIpc) is 2.25. The van der Waals surface area contributed by atoms with Gasteiger partial charge in [0.15, 0.2) is 9.84 Å². The van der Waals surface area contributed by atoms with Gasteiger partial charge in [-0.2, -0.15) is 0 Å². The van der Waals surface area contributed by atoms with Gasteiger partial charge in [0, 0.05) is 6.20 Å². The fourth-order valence-electron chi connectivity index (χ4n) is 1.51. The lowest BCUT2D eigenvalue weighted by Gasteiger charge is -2.06. The zero-order valence-corrected chi connectivity index (χ0v) is 10.3. The predicted octanol–water partition coefficient (Wildman–Crippen LogP) is 2.02. The molecule has 0 aliphatic heterocycles. The molecule has 1 aromatic rings. The maximum atomic E-state index is 11.9. The van der Waals surface area contributed by atoms with Crippen LogP contribution in [0.15, 0.2) is 23.4 Å². The number of nitrogens with zero attached hydrogens (tertiary/aromatic N) is 1. The van der Waals surface area contributed by atoms with Crippen LogP contribution in [0.2, 0.25) is 0 Å². The number of nitrogens with two attached hydrogens (primary N) is 1. The number of aromatic nitrogens is 1. The average molecular weight is 242 g/mol. The minimum Gasteiger partial charge on any atom is -0.396 e. The number of hydrogen-bond donors (Lipinski definition) is 1. The van der Waals surface area contributed by atoms with E-state index in [4.69, 9.17) is 5.73 Å². The van der Waals surface area contributed by atoms with Gasteiger partial charge in [0.1, 0.15) is 0 Å². The first kappa shape index (κ1) is 13.0. The molecule has 0 unspecified atom stereocenters. The van der Waals surface area contributed by atoms with Gasteiger partial charge in [-0.15, -0.1) is 0 Å². The van der Waals surface area contributed by atoms with Crippen LogP contribution in [0.5, 0.6) is 0 Å². The van der Waals surface area contributed by atoms with Crippen molar-refractivity contribution in [2.45, 2.75) is 37.5 Å². The van der Waals surface area contributed by atoms with Crippen LogP contribution in [-0.4, -0.2) is 19.2 Å². The number of nitrogen functional groups attached to an aromatic ring is 1. The summed E-state index contributed by atoms with van der Waals surface area (Å²) in [6.07, 6.45) is 6.63. The van der Waals surface area contributed by atoms with Crippen LogP contribution in [0.25, 0.3) is 0 Å². The van der Waals surface area contributed by atoms with Crippen molar-refractivity contribution in [3.8, 4) is 0 Å². The third-order valence-corrected chi connectivity index (χ3v) is 4.28. The van der Waals surface area contributed by atoms with E-state index in [1.54, 1.807) is 0 Å². The number of pyridine rings is 1. The van der Waals surface area contributed by atoms with Crippen LogP contribution >= 0.6 is 0 Å². The van der Waals surface area contributed by atoms with Crippen molar-refractivity contribution in [2.75, 3.05) is 11.5 Å². The smallest absolute Gasteiger partial charge is 0.180 e. The Labute approximate surface area is 96.8 Å². The summed E-state index contributed by atoms with van der Waals surface area (Å²) in [5.74, 6) is 0.168. The molecular weight excluding hydrogens is 224 g/mol. The highest BCUT2D eigenvalue weighted by Crippen LogP contribution is 2.18. The highest BCUT2D eigenvalue weighted by Gasteiger charge is 2.16. The molecule has 0 aliphatic rings. The van der Waals surface area contributed by atoms with E-state index in [-0.39, 0.29) is 16.3 Å². The Morgan fingerprint density at radius 2 is 2.06 bits per heavy atom. The summed E-state index contributed by atoms with van der Waals surface area (Å²) in [6, 6.07) is 1.46. The Morgan fingerprint density at radius 3 is 2.69 bits per heavy atom. The summed E-state index contributed by atoms with van der Waals surface area (Å²) in [5.41, 5.74) is 5.83. The maximum Gasteiger partial charge on any atom is 0.180 e. The largest absolute Gasteiger partial charge is 0.396 e. The lowest BCUT2D eigenvalue weighted by Crippen LogP contribution is -2.09. The quantitative estimate of drug-likeness (QED) is 0.774. The van der Waals surface area contributed by atoms with E-state index < -0.39 is 9.84 Å². The topological polar surface area (TPSA) is 73.0 Å². The van der Waals surface area contributed by atoms with Gasteiger partial charge in [-0.25, -0.2) is 8.42 Å². The predicted molar refractivity (Wildman–Crippen MR) is 64.8 cm³/mol. The highest BCUT2D eigenvalue weighted by atomic mass is 32.2. The summed E-state index contributed by atoms with van der Waals surface area (Å²) >= 11 is 0. The summed E-state index contributed by atoms with van der Waals surface area (Å²) in [4.78, 5) is 3.99. The van der Waals surface area contributed by atoms with Crippen LogP contribution in [-0.2, 0) is 9.84 Å². The minimum absolute atomic E-state index is 0.168. The van der Waals surface area contributed by atoms with Crippen molar-refractivity contribution >= 4 is 15.5 Å². The second kappa shape index (κ2) is 5.84. The van der Waals surface area contributed by atoms with Gasteiger partial charge >= 0.3 is 0 Å². The first-order chi connectivity index (χ1) is 7.58. The fraction of sp³-hybridized carbons (Fsp3) is 0.545. The van der Waals surface area contributed by atoms with E-state index >= 15 is 0 Å². The molecule has 0 spiro atoms. The summed E-state index contributed by atoms with van der Waals surface area (Å²) in [6.45, 7) is 2.09. The number of anilines is 1. The first-order valence-electron chi connectivity index (χ1n) is 5.50. The molecule has 1 rings (SSSR count). The molecule has 16 heavy (non-hydrogen) atoms. The van der Waals surface area contributed by atoms with Crippen LogP contribution in [0.4, 0.5) is 5.69 Å². The van der Waals surface area contributed by atoms with Crippen molar-refractivity contribution < 1.29 is 8.42 Å². The number of unbranched alkanes of at least 4 members (excludes halogenated alkanes) is 3. The van der Waals surface area contributed by atoms with E-state index in [2.05, 4.69) is 11.9 Å². The lowest BCUT2D eigenvalue weighted by atomic mass is 10.2. The molecule has 0 aliphatic carbocycles. The van der Waals surface area contributed by atoms with Gasteiger partial charge in [-0.1, -0.05) is 26.2 Å². The maximum absolute atomic E-state index is 11.9. The van der Waals surface area contributed by atoms with Crippen LogP contribution in [0.3, 0.4) is 0 Å². The Morgan fingerprint density at radius 1 is 1.31 bits per heavy atom. The molecule has 1 heterocycles. The Hall–Kier alpha value is -1.10. The third kappa shape index (κ3) is 3.48. The molecule has 0 aromatic carbocycles. The molecule has 0 saturated heterocycles. The molecule has 1 aromatic heterocycles. The van der Waals surface area contributed by atoms with Crippen molar-refractivity contribution in [1.82, 2.24) is 4.98 Å². The zero-order valence-electron chi connectivity index (χ0n) is 9.52. The lowest BCUT2D eigenvalue weighted by molar-refractivity contribution is 0.589. The summed E-state index contributed by atoms with van der Waals surface area (Å²) < 4.78 is 23.8. The van der Waals surface area contributed by atoms with Crippen LogP contribution in [0.1, 0.15) is 32.6 Å². The molecule has 0 saturated carbocycles. The summed E-state index contributed by atoms with van der Waals surface area (Å²) in [5, 5.41) is 0. The molecule has 0 radical (unpaired) electrons. The molecule has 0 atom stereocenters. The van der Waals surface area contributed by atoms with Gasteiger partial charge in [0.05, 0.1) is 22.5 Å². The van der Waals surface area contributed by atoms with Gasteiger partial charge in [-0.05, 0) is 12.5 Å². The number of hydrogen-bond acceptors (Lipinski definition) is 4. The second-order valence-corrected chi connectivity index (χ2v) is 5.87. The molecule has 0 bridgehead atoms. The van der Waals surface area contributed by atoms with E-state index in [0.717, 1.165) is 19.3 Å². The minimum atomic E-state index is -3.24. The number of sulfone groups is 1. The van der Waals surface area contributed by atoms with Crippen molar-refractivity contribution in [3.63, 3.8) is 0 Å². The van der Waals surface area contributed by atoms with Crippen molar-refractivity contribution in [1.29, 1.82) is 0 Å². The first-order valence-corrected chi connectivity index (χ1v) is 7.15. The standard InChI is InChI=1S/C11H18N2O2S/c1-2-3-4-5-8-16(14,15)11-6-7-13-9-10(11)12/h6-7,9H,2-5,8,12H2,1H3. The normalized spacial score (nSPS) is 11.6. The van der Waals surface area contributed by atoms with E-state index in [1.165, 1.54) is 18.5 Å². The van der Waals surface area contributed by atoms with Gasteiger partial charge < -0.3 is 5.73 Å². The molecule has 90 valence electrons. The molecule has 0 amide bonds. The fourth-order valence-corrected chi connectivity index (χ4v) is 2.99. The Bertz CT molecular complexity index is 429. The zero-order chi connectivity index (χ0) is 12.0. The van der Waals surface area contributed by atoms with E-state index in [9.17, 15) is 8.42 Å². The molecular formula is C11H18N2O2S. The van der Waals surface area contributed by atoms with E-state index in [0.29, 0.717) is 6.42 Å². The second-order valence-electron chi connectivity index (χ2n) is 3.79. The third-order valence-electron chi connectivity index (χ3n) is 2.41. The van der Waals surface area contributed by atoms with Crippen molar-refractivity contribution in [3.05, 3.63) is 18.5 Å². The Kier molecular flexibility index (Phi) is 4.73. The SMILES string of the molecule is CCCCCCS(=O)(=O)c1ccncc1N. The Balaban J connectivity index is 2.68. The van der Waals surface area contributed by atoms with E-state index in [1.807, 2.05) is 0 Å². The molecule has 0 fully saturated rings. The molecule has 4 nitrogen and oxygen atoms in total. The highest BCUT2D eigenvalue weighted by molar-refractivity contribution is 7.91. The molecule has 5 heteroatoms. The molecule has 2 N–H and O–H groups in total. The van der Waals surface area contributed by atoms with Crippen LogP contribution < -0.4 is 5.73 Å². The van der Waals surface area contributed by atoms with Gasteiger partial charge in [0.25, 0.3) is 0 Å². The number of rotatable bonds is 6. The van der Waals surface area contributed by atoms with Gasteiger partial charge in [-0.3, -0.25) is 4.98 Å².